The summed E-state index contributed by atoms with van der Waals surface area (Å²) in [5.74, 6) is -0.537. The van der Waals surface area contributed by atoms with Crippen LogP contribution in [0.3, 0.4) is 0 Å². The lowest BCUT2D eigenvalue weighted by molar-refractivity contribution is -0.139. The highest BCUT2D eigenvalue weighted by atomic mass is 32.2. The Labute approximate surface area is 254 Å². The Morgan fingerprint density at radius 1 is 1.05 bits per heavy atom. The third kappa shape index (κ3) is 7.56. The quantitative estimate of drug-likeness (QED) is 0.406. The van der Waals surface area contributed by atoms with Gasteiger partial charge in [0.15, 0.2) is 9.84 Å². The zero-order valence-corrected chi connectivity index (χ0v) is 25.8. The zero-order chi connectivity index (χ0) is 31.9. The first kappa shape index (κ1) is 31.9. The number of nitrogens with one attached hydrogen (secondary N) is 1. The van der Waals surface area contributed by atoms with Crippen LogP contribution >= 0.6 is 0 Å². The Morgan fingerprint density at radius 3 is 2.34 bits per heavy atom. The molecule has 0 unspecified atom stereocenters. The molecule has 1 spiro atoms. The molecular formula is C30H37F3N4O6S. The number of nitrogens with zero attached hydrogens (tertiary/aromatic N) is 3. The van der Waals surface area contributed by atoms with Crippen LogP contribution in [0.4, 0.5) is 29.5 Å². The minimum absolute atomic E-state index is 0.00804. The normalized spacial score (nSPS) is 18.5. The molecule has 3 aliphatic rings. The summed E-state index contributed by atoms with van der Waals surface area (Å²) in [6.45, 7) is 5.96. The minimum atomic E-state index is -4.37. The van der Waals surface area contributed by atoms with E-state index in [0.717, 1.165) is 12.8 Å². The largest absolute Gasteiger partial charge is 0.477 e. The third-order valence-electron chi connectivity index (χ3n) is 8.20. The lowest BCUT2D eigenvalue weighted by Crippen LogP contribution is -2.57. The monoisotopic (exact) mass is 638 g/mol. The lowest BCUT2D eigenvalue weighted by Gasteiger charge is -2.39. The molecule has 10 nitrogen and oxygen atoms in total. The van der Waals surface area contributed by atoms with Crippen molar-refractivity contribution in [3.63, 3.8) is 0 Å². The van der Waals surface area contributed by atoms with Crippen LogP contribution in [0.2, 0.25) is 0 Å². The number of alkyl halides is 3. The minimum Gasteiger partial charge on any atom is -0.477 e. The van der Waals surface area contributed by atoms with E-state index in [1.165, 1.54) is 54.1 Å². The number of carbonyl (C=O) groups excluding carboxylic acids is 2. The standard InChI is InChI=1S/C30H37F3N4O6S/c1-28(2,3)43-27(39)37-18-21(19-37)44(40,41)20-7-8-22(23(17-20)36-14-11-29(9-10-29)12-15-36)26(38)35-24-5-4-6-25(34-24)42-16-13-30(31,32)33/h4-8,17,21H,9-16,18-19H2,1-3H3,(H,34,35,38). The van der Waals surface area contributed by atoms with Gasteiger partial charge in [-0.1, -0.05) is 6.07 Å². The maximum Gasteiger partial charge on any atom is 0.410 e. The Hall–Kier alpha value is -3.55. The van der Waals surface area contributed by atoms with Gasteiger partial charge in [-0.25, -0.2) is 13.2 Å². The van der Waals surface area contributed by atoms with Crippen molar-refractivity contribution in [1.82, 2.24) is 9.88 Å². The Balaban J connectivity index is 1.34. The van der Waals surface area contributed by atoms with Gasteiger partial charge >= 0.3 is 12.3 Å². The van der Waals surface area contributed by atoms with Crippen molar-refractivity contribution < 1.29 is 40.7 Å². The molecule has 240 valence electrons. The Bertz CT molecular complexity index is 1510. The second-order valence-corrected chi connectivity index (χ2v) is 15.0. The molecule has 1 aromatic heterocycles. The van der Waals surface area contributed by atoms with E-state index < -0.39 is 51.9 Å². The van der Waals surface area contributed by atoms with Gasteiger partial charge in [0, 0.05) is 32.2 Å². The first-order valence-electron chi connectivity index (χ1n) is 14.6. The maximum absolute atomic E-state index is 13.6. The van der Waals surface area contributed by atoms with Crippen molar-refractivity contribution in [2.24, 2.45) is 5.41 Å². The number of halogens is 3. The van der Waals surface area contributed by atoms with Gasteiger partial charge in [-0.05, 0) is 76.1 Å². The molecule has 1 N–H and O–H groups in total. The molecule has 2 aliphatic heterocycles. The van der Waals surface area contributed by atoms with E-state index in [1.807, 2.05) is 4.90 Å². The molecule has 0 atom stereocenters. The van der Waals surface area contributed by atoms with Crippen LogP contribution in [0.15, 0.2) is 41.3 Å². The molecule has 2 amide bonds. The fourth-order valence-corrected chi connectivity index (χ4v) is 7.03. The molecular weight excluding hydrogens is 601 g/mol. The molecule has 1 saturated carbocycles. The first-order valence-corrected chi connectivity index (χ1v) is 16.2. The van der Waals surface area contributed by atoms with E-state index in [9.17, 15) is 31.2 Å². The van der Waals surface area contributed by atoms with Crippen LogP contribution in [0, 0.1) is 5.41 Å². The molecule has 3 heterocycles. The predicted octanol–water partition coefficient (Wildman–Crippen LogP) is 5.44. The summed E-state index contributed by atoms with van der Waals surface area (Å²) in [5.41, 5.74) is 0.359. The number of anilines is 2. The Morgan fingerprint density at radius 2 is 1.73 bits per heavy atom. The number of ether oxygens (including phenoxy) is 2. The van der Waals surface area contributed by atoms with Crippen molar-refractivity contribution >= 4 is 33.3 Å². The van der Waals surface area contributed by atoms with E-state index in [2.05, 4.69) is 10.3 Å². The van der Waals surface area contributed by atoms with Gasteiger partial charge in [-0.15, -0.1) is 0 Å². The van der Waals surface area contributed by atoms with Crippen molar-refractivity contribution in [2.75, 3.05) is 43.0 Å². The van der Waals surface area contributed by atoms with Crippen LogP contribution in [0.1, 0.15) is 63.2 Å². The number of benzene rings is 1. The van der Waals surface area contributed by atoms with E-state index in [0.29, 0.717) is 24.2 Å². The second-order valence-electron chi connectivity index (χ2n) is 12.7. The predicted molar refractivity (Wildman–Crippen MR) is 157 cm³/mol. The summed E-state index contributed by atoms with van der Waals surface area (Å²) in [6.07, 6.45) is -1.85. The van der Waals surface area contributed by atoms with Gasteiger partial charge in [0.05, 0.1) is 29.2 Å². The highest BCUT2D eigenvalue weighted by molar-refractivity contribution is 7.92. The number of aromatic nitrogens is 1. The van der Waals surface area contributed by atoms with Gasteiger partial charge in [-0.3, -0.25) is 4.79 Å². The molecule has 1 aliphatic carbocycles. The molecule has 0 radical (unpaired) electrons. The molecule has 44 heavy (non-hydrogen) atoms. The van der Waals surface area contributed by atoms with E-state index >= 15 is 0 Å². The highest BCUT2D eigenvalue weighted by Crippen LogP contribution is 2.54. The third-order valence-corrected chi connectivity index (χ3v) is 10.3. The fourth-order valence-electron chi connectivity index (χ4n) is 5.36. The molecule has 0 bridgehead atoms. The molecule has 3 fully saturated rings. The second kappa shape index (κ2) is 11.8. The topological polar surface area (TPSA) is 118 Å². The van der Waals surface area contributed by atoms with E-state index in [1.54, 1.807) is 20.8 Å². The molecule has 5 rings (SSSR count). The van der Waals surface area contributed by atoms with Crippen LogP contribution in [0.5, 0.6) is 5.88 Å². The fraction of sp³-hybridized carbons (Fsp3) is 0.567. The van der Waals surface area contributed by atoms with Crippen molar-refractivity contribution in [3.8, 4) is 5.88 Å². The number of amides is 2. The number of hydrogen-bond donors (Lipinski definition) is 1. The average Bonchev–Trinajstić information content (AvgIpc) is 3.64. The van der Waals surface area contributed by atoms with Crippen molar-refractivity contribution in [1.29, 1.82) is 0 Å². The number of sulfone groups is 1. The lowest BCUT2D eigenvalue weighted by atomic mass is 9.93. The summed E-state index contributed by atoms with van der Waals surface area (Å²) in [6, 6.07) is 8.75. The van der Waals surface area contributed by atoms with Crippen molar-refractivity contribution in [3.05, 3.63) is 42.0 Å². The number of hydrogen-bond acceptors (Lipinski definition) is 8. The number of pyridine rings is 1. The van der Waals surface area contributed by atoms with Crippen LogP contribution in [0.25, 0.3) is 0 Å². The number of likely N-dealkylation sites (tertiary alicyclic amines) is 1. The van der Waals surface area contributed by atoms with E-state index in [-0.39, 0.29) is 35.2 Å². The summed E-state index contributed by atoms with van der Waals surface area (Å²) in [4.78, 5) is 33.4. The van der Waals surface area contributed by atoms with Gasteiger partial charge in [0.25, 0.3) is 5.91 Å². The van der Waals surface area contributed by atoms with Gasteiger partial charge < -0.3 is 24.6 Å². The van der Waals surface area contributed by atoms with E-state index in [4.69, 9.17) is 9.47 Å². The Kier molecular flexibility index (Phi) is 8.51. The molecule has 2 aromatic rings. The summed E-state index contributed by atoms with van der Waals surface area (Å²) in [5, 5.41) is 1.86. The number of rotatable bonds is 8. The summed E-state index contributed by atoms with van der Waals surface area (Å²) < 4.78 is 75.1. The SMILES string of the molecule is CC(C)(C)OC(=O)N1CC(S(=O)(=O)c2ccc(C(=O)Nc3cccc(OCCC(F)(F)F)n3)c(N3CCC4(CC3)CC4)c2)C1. The van der Waals surface area contributed by atoms with Gasteiger partial charge in [0.1, 0.15) is 16.7 Å². The van der Waals surface area contributed by atoms with Gasteiger partial charge in [0.2, 0.25) is 5.88 Å². The van der Waals surface area contributed by atoms with Crippen LogP contribution < -0.4 is 15.0 Å². The number of piperidine rings is 1. The average molecular weight is 639 g/mol. The summed E-state index contributed by atoms with van der Waals surface area (Å²) >= 11 is 0. The molecule has 1 aromatic carbocycles. The van der Waals surface area contributed by atoms with Crippen LogP contribution in [-0.4, -0.2) is 80.1 Å². The number of carbonyl (C=O) groups is 2. The van der Waals surface area contributed by atoms with Crippen molar-refractivity contribution in [2.45, 2.75) is 74.8 Å². The smallest absolute Gasteiger partial charge is 0.410 e. The van der Waals surface area contributed by atoms with Crippen LogP contribution in [-0.2, 0) is 14.6 Å². The molecule has 2 saturated heterocycles. The highest BCUT2D eigenvalue weighted by Gasteiger charge is 2.45. The molecule has 14 heteroatoms. The first-order chi connectivity index (χ1) is 20.5. The maximum atomic E-state index is 13.6. The van der Waals surface area contributed by atoms with Gasteiger partial charge in [-0.2, -0.15) is 18.2 Å². The summed E-state index contributed by atoms with van der Waals surface area (Å²) in [7, 11) is -3.83. The zero-order valence-electron chi connectivity index (χ0n) is 24.9.